The minimum Gasteiger partial charge on any atom is -0.508 e. The lowest BCUT2D eigenvalue weighted by molar-refractivity contribution is -0.145. The third kappa shape index (κ3) is 4.67. The highest BCUT2D eigenvalue weighted by molar-refractivity contribution is 5.91. The van der Waals surface area contributed by atoms with Gasteiger partial charge < -0.3 is 19.3 Å². The molecule has 0 saturated carbocycles. The summed E-state index contributed by atoms with van der Waals surface area (Å²) in [5.74, 6) is 0.525. The summed E-state index contributed by atoms with van der Waals surface area (Å²) in [7, 11) is 3.04. The zero-order chi connectivity index (χ0) is 23.4. The molecule has 7 nitrogen and oxygen atoms in total. The smallest absolute Gasteiger partial charge is 0.326 e. The van der Waals surface area contributed by atoms with E-state index in [2.05, 4.69) is 0 Å². The molecule has 0 radical (unpaired) electrons. The molecule has 168 valence electrons. The molecule has 0 atom stereocenters. The topological polar surface area (TPSA) is 87.0 Å². The predicted molar refractivity (Wildman–Crippen MR) is 125 cm³/mol. The van der Waals surface area contributed by atoms with Crippen molar-refractivity contribution in [2.75, 3.05) is 14.2 Å². The lowest BCUT2D eigenvalue weighted by Crippen LogP contribution is -2.27. The van der Waals surface area contributed by atoms with Gasteiger partial charge in [-0.2, -0.15) is 0 Å². The van der Waals surface area contributed by atoms with E-state index < -0.39 is 5.97 Å². The molecular weight excluding hydrogens is 422 g/mol. The van der Waals surface area contributed by atoms with Gasteiger partial charge in [0.25, 0.3) is 5.56 Å². The molecule has 3 aromatic carbocycles. The van der Waals surface area contributed by atoms with Gasteiger partial charge in [-0.1, -0.05) is 42.5 Å². The second-order valence-electron chi connectivity index (χ2n) is 7.40. The van der Waals surface area contributed by atoms with Crippen molar-refractivity contribution in [2.24, 2.45) is 0 Å². The molecular formula is C26H23NO6. The Morgan fingerprint density at radius 3 is 2.33 bits per heavy atom. The maximum atomic E-state index is 13.5. The average molecular weight is 445 g/mol. The van der Waals surface area contributed by atoms with Gasteiger partial charge in [0.2, 0.25) is 0 Å². The number of benzene rings is 3. The molecule has 0 aliphatic heterocycles. The van der Waals surface area contributed by atoms with E-state index in [1.807, 2.05) is 30.3 Å². The first kappa shape index (κ1) is 22.0. The van der Waals surface area contributed by atoms with Crippen molar-refractivity contribution in [3.8, 4) is 28.4 Å². The van der Waals surface area contributed by atoms with Gasteiger partial charge in [0, 0.05) is 23.1 Å². The number of hydrogen-bond acceptors (Lipinski definition) is 6. The van der Waals surface area contributed by atoms with Gasteiger partial charge in [0.15, 0.2) is 0 Å². The Labute approximate surface area is 190 Å². The molecule has 4 rings (SSSR count). The van der Waals surface area contributed by atoms with Gasteiger partial charge >= 0.3 is 5.97 Å². The van der Waals surface area contributed by atoms with Crippen LogP contribution in [0.15, 0.2) is 77.6 Å². The first-order chi connectivity index (χ1) is 16.0. The second-order valence-corrected chi connectivity index (χ2v) is 7.40. The van der Waals surface area contributed by atoms with Crippen LogP contribution in [0, 0.1) is 0 Å². The van der Waals surface area contributed by atoms with E-state index >= 15 is 0 Å². The van der Waals surface area contributed by atoms with Crippen LogP contribution in [-0.2, 0) is 22.7 Å². The lowest BCUT2D eigenvalue weighted by Gasteiger charge is -2.16. The monoisotopic (exact) mass is 445 g/mol. The van der Waals surface area contributed by atoms with E-state index in [-0.39, 0.29) is 24.5 Å². The third-order valence-electron chi connectivity index (χ3n) is 5.31. The number of rotatable bonds is 7. The van der Waals surface area contributed by atoms with Crippen LogP contribution in [0.1, 0.15) is 5.56 Å². The van der Waals surface area contributed by atoms with Crippen LogP contribution in [0.5, 0.6) is 17.2 Å². The summed E-state index contributed by atoms with van der Waals surface area (Å²) in [6.45, 7) is -0.180. The Bertz CT molecular complexity index is 1340. The first-order valence-corrected chi connectivity index (χ1v) is 10.3. The second kappa shape index (κ2) is 9.48. The summed E-state index contributed by atoms with van der Waals surface area (Å²) in [5.41, 5.74) is 1.92. The van der Waals surface area contributed by atoms with Crippen molar-refractivity contribution in [3.05, 3.63) is 88.7 Å². The van der Waals surface area contributed by atoms with Crippen molar-refractivity contribution in [3.63, 3.8) is 0 Å². The fourth-order valence-corrected chi connectivity index (χ4v) is 3.62. The number of nitrogens with zero attached hydrogens (tertiary/aromatic N) is 1. The molecule has 1 heterocycles. The largest absolute Gasteiger partial charge is 0.508 e. The molecule has 1 N–H and O–H groups in total. The first-order valence-electron chi connectivity index (χ1n) is 10.3. The number of carbonyl (C=O) groups is 1. The van der Waals surface area contributed by atoms with Crippen LogP contribution in [0.25, 0.3) is 22.0 Å². The van der Waals surface area contributed by atoms with Crippen molar-refractivity contribution < 1.29 is 24.1 Å². The van der Waals surface area contributed by atoms with E-state index in [0.717, 1.165) is 5.56 Å². The molecule has 0 amide bonds. The molecule has 33 heavy (non-hydrogen) atoms. The Balaban J connectivity index is 1.81. The Morgan fingerprint density at radius 1 is 0.939 bits per heavy atom. The lowest BCUT2D eigenvalue weighted by atomic mass is 10.0. The number of methoxy groups -OCH3 is 2. The minimum atomic E-state index is -0.549. The number of phenolic OH excluding ortho intramolecular Hbond substituents is 1. The van der Waals surface area contributed by atoms with Gasteiger partial charge in [-0.05, 0) is 29.3 Å². The zero-order valence-electron chi connectivity index (χ0n) is 18.3. The molecule has 0 aliphatic rings. The van der Waals surface area contributed by atoms with E-state index in [9.17, 15) is 14.7 Å². The summed E-state index contributed by atoms with van der Waals surface area (Å²) < 4.78 is 17.7. The van der Waals surface area contributed by atoms with Crippen molar-refractivity contribution in [2.45, 2.75) is 13.2 Å². The van der Waals surface area contributed by atoms with Crippen LogP contribution < -0.4 is 15.0 Å². The van der Waals surface area contributed by atoms with Crippen LogP contribution in [0.4, 0.5) is 0 Å². The normalized spacial score (nSPS) is 10.7. The Kier molecular flexibility index (Phi) is 6.31. The van der Waals surface area contributed by atoms with Gasteiger partial charge in [-0.15, -0.1) is 0 Å². The number of carbonyl (C=O) groups excluding carboxylic acids is 1. The highest BCUT2D eigenvalue weighted by atomic mass is 16.5. The highest BCUT2D eigenvalue weighted by Gasteiger charge is 2.18. The molecule has 7 heteroatoms. The molecule has 1 aromatic heterocycles. The summed E-state index contributed by atoms with van der Waals surface area (Å²) in [6, 6.07) is 20.7. The summed E-state index contributed by atoms with van der Waals surface area (Å²) in [4.78, 5) is 26.2. The number of aromatic nitrogens is 1. The van der Waals surface area contributed by atoms with Crippen molar-refractivity contribution >= 4 is 16.9 Å². The fourth-order valence-electron chi connectivity index (χ4n) is 3.62. The Hall–Kier alpha value is -4.26. The third-order valence-corrected chi connectivity index (χ3v) is 5.31. The zero-order valence-corrected chi connectivity index (χ0v) is 18.3. The standard InChI is InChI=1S/C26H23NO6/c1-31-20-12-23-22(24(13-20)32-2)14-21(18-8-10-19(28)11-9-18)26(30)27(23)15-25(29)33-16-17-6-4-3-5-7-17/h3-14,28H,15-16H2,1-2H3. The molecule has 0 fully saturated rings. The van der Waals surface area contributed by atoms with Gasteiger partial charge in [-0.25, -0.2) is 0 Å². The van der Waals surface area contributed by atoms with Crippen molar-refractivity contribution in [1.29, 1.82) is 0 Å². The molecule has 0 saturated heterocycles. The predicted octanol–water partition coefficient (Wildman–Crippen LogP) is 4.13. The number of esters is 1. The highest BCUT2D eigenvalue weighted by Crippen LogP contribution is 2.33. The van der Waals surface area contributed by atoms with E-state index in [0.29, 0.717) is 33.5 Å². The summed E-state index contributed by atoms with van der Waals surface area (Å²) in [5, 5.41) is 10.3. The van der Waals surface area contributed by atoms with Crippen LogP contribution in [0.2, 0.25) is 0 Å². The molecule has 0 unspecified atom stereocenters. The number of ether oxygens (including phenoxy) is 3. The molecule has 0 aliphatic carbocycles. The quantitative estimate of drug-likeness (QED) is 0.431. The summed E-state index contributed by atoms with van der Waals surface area (Å²) >= 11 is 0. The Morgan fingerprint density at radius 2 is 1.67 bits per heavy atom. The minimum absolute atomic E-state index is 0.0895. The molecule has 4 aromatic rings. The van der Waals surface area contributed by atoms with Crippen LogP contribution >= 0.6 is 0 Å². The average Bonchev–Trinajstić information content (AvgIpc) is 2.85. The van der Waals surface area contributed by atoms with Crippen LogP contribution in [-0.4, -0.2) is 29.9 Å². The molecule has 0 bridgehead atoms. The van der Waals surface area contributed by atoms with Crippen molar-refractivity contribution in [1.82, 2.24) is 4.57 Å². The maximum Gasteiger partial charge on any atom is 0.326 e. The van der Waals surface area contributed by atoms with Crippen LogP contribution in [0.3, 0.4) is 0 Å². The summed E-state index contributed by atoms with van der Waals surface area (Å²) in [6.07, 6.45) is 0. The van der Waals surface area contributed by atoms with E-state index in [4.69, 9.17) is 14.2 Å². The maximum absolute atomic E-state index is 13.5. The fraction of sp³-hybridized carbons (Fsp3) is 0.154. The van der Waals surface area contributed by atoms with Gasteiger partial charge in [-0.3, -0.25) is 14.2 Å². The number of fused-ring (bicyclic) bond motifs is 1. The number of pyridine rings is 1. The number of phenols is 1. The molecule has 0 spiro atoms. The number of aromatic hydroxyl groups is 1. The van der Waals surface area contributed by atoms with E-state index in [1.165, 1.54) is 30.9 Å². The SMILES string of the molecule is COc1cc(OC)c2cc(-c3ccc(O)cc3)c(=O)n(CC(=O)OCc3ccccc3)c2c1. The van der Waals surface area contributed by atoms with Gasteiger partial charge in [0.1, 0.15) is 30.4 Å². The number of hydrogen-bond donors (Lipinski definition) is 1. The van der Waals surface area contributed by atoms with E-state index in [1.54, 1.807) is 30.3 Å². The van der Waals surface area contributed by atoms with Gasteiger partial charge in [0.05, 0.1) is 19.7 Å².